The van der Waals surface area contributed by atoms with Crippen LogP contribution in [-0.2, 0) is 14.4 Å². The van der Waals surface area contributed by atoms with Crippen LogP contribution in [0.15, 0.2) is 0 Å². The Morgan fingerprint density at radius 1 is 1.15 bits per heavy atom. The maximum Gasteiger partial charge on any atom is 0.225 e. The first kappa shape index (κ1) is 19.1. The van der Waals surface area contributed by atoms with E-state index in [-0.39, 0.29) is 47.7 Å². The van der Waals surface area contributed by atoms with Gasteiger partial charge in [0.2, 0.25) is 17.7 Å². The highest BCUT2D eigenvalue weighted by Gasteiger charge is 2.57. The average molecular weight is 366 g/mol. The number of piperazine rings is 1. The number of carbonyl (C=O) groups is 3. The standard InChI is InChI=1S/C18H30N4O4/c1-12(2)17(26)21-10-18(11-21)9-20(16(25)4-5-19-13(3)23)7-14-6-15(24)8-22(14)18/h12,14-15,24H,4-11H2,1-3H3,(H,19,23)/t14-,15+/m0/s1. The number of hydrogen-bond acceptors (Lipinski definition) is 5. The largest absolute Gasteiger partial charge is 0.392 e. The van der Waals surface area contributed by atoms with Gasteiger partial charge in [0.1, 0.15) is 0 Å². The number of aliphatic hydroxyl groups excluding tert-OH is 1. The third kappa shape index (κ3) is 3.57. The number of nitrogens with zero attached hydrogens (tertiary/aromatic N) is 3. The van der Waals surface area contributed by atoms with Gasteiger partial charge in [0.25, 0.3) is 0 Å². The van der Waals surface area contributed by atoms with Crippen molar-refractivity contribution < 1.29 is 19.5 Å². The monoisotopic (exact) mass is 366 g/mol. The van der Waals surface area contributed by atoms with Crippen molar-refractivity contribution in [3.8, 4) is 0 Å². The Balaban J connectivity index is 1.67. The lowest BCUT2D eigenvalue weighted by Crippen LogP contribution is -2.79. The molecule has 8 nitrogen and oxygen atoms in total. The van der Waals surface area contributed by atoms with Crippen LogP contribution < -0.4 is 5.32 Å². The Morgan fingerprint density at radius 3 is 2.42 bits per heavy atom. The number of hydrogen-bond donors (Lipinski definition) is 2. The summed E-state index contributed by atoms with van der Waals surface area (Å²) in [7, 11) is 0. The number of nitrogens with one attached hydrogen (secondary N) is 1. The van der Waals surface area contributed by atoms with Crippen LogP contribution in [0.3, 0.4) is 0 Å². The summed E-state index contributed by atoms with van der Waals surface area (Å²) in [6.45, 7) is 8.60. The minimum Gasteiger partial charge on any atom is -0.392 e. The van der Waals surface area contributed by atoms with E-state index in [1.54, 1.807) is 0 Å². The quantitative estimate of drug-likeness (QED) is 0.668. The molecule has 1 spiro atoms. The fraction of sp³-hybridized carbons (Fsp3) is 0.833. The van der Waals surface area contributed by atoms with E-state index < -0.39 is 0 Å². The van der Waals surface area contributed by atoms with Crippen molar-refractivity contribution in [3.63, 3.8) is 0 Å². The van der Waals surface area contributed by atoms with Crippen LogP contribution in [0.2, 0.25) is 0 Å². The summed E-state index contributed by atoms with van der Waals surface area (Å²) in [5, 5.41) is 12.8. The molecule has 0 aliphatic carbocycles. The Labute approximate surface area is 154 Å². The van der Waals surface area contributed by atoms with Gasteiger partial charge >= 0.3 is 0 Å². The first-order valence-electron chi connectivity index (χ1n) is 9.47. The van der Waals surface area contributed by atoms with Gasteiger partial charge in [0.15, 0.2) is 0 Å². The van der Waals surface area contributed by atoms with Gasteiger partial charge in [-0.05, 0) is 6.42 Å². The molecule has 0 aromatic rings. The molecule has 3 saturated heterocycles. The van der Waals surface area contributed by atoms with Gasteiger partial charge in [0, 0.05) is 64.6 Å². The molecule has 0 radical (unpaired) electrons. The van der Waals surface area contributed by atoms with Crippen LogP contribution in [0, 0.1) is 5.92 Å². The fourth-order valence-corrected chi connectivity index (χ4v) is 4.57. The van der Waals surface area contributed by atoms with E-state index in [1.165, 1.54) is 6.92 Å². The van der Waals surface area contributed by atoms with E-state index in [4.69, 9.17) is 0 Å². The summed E-state index contributed by atoms with van der Waals surface area (Å²) in [4.78, 5) is 41.9. The van der Waals surface area contributed by atoms with Crippen molar-refractivity contribution in [1.29, 1.82) is 0 Å². The molecule has 146 valence electrons. The summed E-state index contributed by atoms with van der Waals surface area (Å²) in [5.41, 5.74) is -0.241. The van der Waals surface area contributed by atoms with Crippen LogP contribution in [0.5, 0.6) is 0 Å². The van der Waals surface area contributed by atoms with Crippen molar-refractivity contribution in [3.05, 3.63) is 0 Å². The highest BCUT2D eigenvalue weighted by atomic mass is 16.3. The molecule has 2 N–H and O–H groups in total. The molecule has 3 fully saturated rings. The molecule has 8 heteroatoms. The lowest BCUT2D eigenvalue weighted by molar-refractivity contribution is -0.164. The number of aliphatic hydroxyl groups is 1. The van der Waals surface area contributed by atoms with Gasteiger partial charge in [-0.2, -0.15) is 0 Å². The maximum atomic E-state index is 12.6. The van der Waals surface area contributed by atoms with Crippen LogP contribution in [0.4, 0.5) is 0 Å². The van der Waals surface area contributed by atoms with E-state index >= 15 is 0 Å². The third-order valence-corrected chi connectivity index (χ3v) is 5.76. The second kappa shape index (κ2) is 7.15. The second-order valence-corrected chi connectivity index (χ2v) is 8.28. The van der Waals surface area contributed by atoms with E-state index in [2.05, 4.69) is 10.2 Å². The molecule has 0 aromatic carbocycles. The third-order valence-electron chi connectivity index (χ3n) is 5.76. The van der Waals surface area contributed by atoms with E-state index in [9.17, 15) is 19.5 Å². The smallest absolute Gasteiger partial charge is 0.225 e. The molecule has 3 rings (SSSR count). The number of likely N-dealkylation sites (tertiary alicyclic amines) is 1. The molecular weight excluding hydrogens is 336 g/mol. The normalized spacial score (nSPS) is 27.4. The lowest BCUT2D eigenvalue weighted by Gasteiger charge is -2.61. The summed E-state index contributed by atoms with van der Waals surface area (Å²) in [6.07, 6.45) is 0.565. The second-order valence-electron chi connectivity index (χ2n) is 8.28. The molecule has 0 aromatic heterocycles. The molecule has 0 unspecified atom stereocenters. The van der Waals surface area contributed by atoms with Crippen molar-refractivity contribution >= 4 is 17.7 Å². The minimum atomic E-state index is -0.374. The molecule has 3 amide bonds. The Kier molecular flexibility index (Phi) is 5.25. The molecule has 3 aliphatic rings. The highest BCUT2D eigenvalue weighted by Crippen LogP contribution is 2.39. The Morgan fingerprint density at radius 2 is 1.81 bits per heavy atom. The Bertz CT molecular complexity index is 588. The molecular formula is C18H30N4O4. The zero-order valence-electron chi connectivity index (χ0n) is 15.9. The van der Waals surface area contributed by atoms with E-state index in [1.807, 2.05) is 23.6 Å². The predicted octanol–water partition coefficient (Wildman–Crippen LogP) is -0.973. The van der Waals surface area contributed by atoms with Gasteiger partial charge in [-0.25, -0.2) is 0 Å². The molecule has 0 bridgehead atoms. The van der Waals surface area contributed by atoms with Crippen LogP contribution in [0.25, 0.3) is 0 Å². The zero-order valence-corrected chi connectivity index (χ0v) is 15.9. The van der Waals surface area contributed by atoms with E-state index in [0.29, 0.717) is 45.7 Å². The van der Waals surface area contributed by atoms with Gasteiger partial charge in [0.05, 0.1) is 11.6 Å². The predicted molar refractivity (Wildman–Crippen MR) is 95.1 cm³/mol. The summed E-state index contributed by atoms with van der Waals surface area (Å²) in [6, 6.07) is 0.139. The van der Waals surface area contributed by atoms with Gasteiger partial charge in [-0.1, -0.05) is 13.8 Å². The Hall–Kier alpha value is -1.67. The van der Waals surface area contributed by atoms with Crippen molar-refractivity contribution in [2.45, 2.75) is 51.3 Å². The first-order chi connectivity index (χ1) is 12.2. The average Bonchev–Trinajstić information content (AvgIpc) is 2.90. The molecule has 3 heterocycles. The number of carbonyl (C=O) groups excluding carboxylic acids is 3. The van der Waals surface area contributed by atoms with Crippen LogP contribution in [-0.4, -0.2) is 94.5 Å². The maximum absolute atomic E-state index is 12.6. The van der Waals surface area contributed by atoms with Crippen molar-refractivity contribution in [2.75, 3.05) is 39.3 Å². The summed E-state index contributed by atoms with van der Waals surface area (Å²) >= 11 is 0. The SMILES string of the molecule is CC(=O)NCCC(=O)N1C[C@@H]2C[C@@H](O)CN2C2(C1)CN(C(=O)C(C)C)C2. The minimum absolute atomic E-state index is 0.0211. The number of rotatable bonds is 4. The summed E-state index contributed by atoms with van der Waals surface area (Å²) < 4.78 is 0. The van der Waals surface area contributed by atoms with Gasteiger partial charge in [-0.15, -0.1) is 0 Å². The molecule has 0 saturated carbocycles. The van der Waals surface area contributed by atoms with Crippen LogP contribution >= 0.6 is 0 Å². The molecule has 3 aliphatic heterocycles. The molecule has 2 atom stereocenters. The van der Waals surface area contributed by atoms with Crippen LogP contribution in [0.1, 0.15) is 33.6 Å². The van der Waals surface area contributed by atoms with Gasteiger partial charge < -0.3 is 20.2 Å². The number of amides is 3. The number of fused-ring (bicyclic) bond motifs is 2. The first-order valence-corrected chi connectivity index (χ1v) is 9.47. The van der Waals surface area contributed by atoms with E-state index in [0.717, 1.165) is 0 Å². The topological polar surface area (TPSA) is 93.2 Å². The zero-order chi connectivity index (χ0) is 19.1. The van der Waals surface area contributed by atoms with Crippen molar-refractivity contribution in [2.24, 2.45) is 5.92 Å². The summed E-state index contributed by atoms with van der Waals surface area (Å²) in [5.74, 6) is -0.0139. The highest BCUT2D eigenvalue weighted by molar-refractivity contribution is 5.80. The molecule has 26 heavy (non-hydrogen) atoms. The fourth-order valence-electron chi connectivity index (χ4n) is 4.57. The van der Waals surface area contributed by atoms with Crippen molar-refractivity contribution in [1.82, 2.24) is 20.0 Å². The number of β-amino-alcohol motifs (C(OH)–C–C–N with tert-alkyl or cyclic N) is 1. The van der Waals surface area contributed by atoms with Gasteiger partial charge in [-0.3, -0.25) is 19.3 Å². The lowest BCUT2D eigenvalue weighted by atomic mass is 9.83.